The van der Waals surface area contributed by atoms with Gasteiger partial charge in [-0.1, -0.05) is 54.6 Å². The van der Waals surface area contributed by atoms with Crippen molar-refractivity contribution < 1.29 is 4.79 Å². The molecule has 0 unspecified atom stereocenters. The molecule has 0 saturated heterocycles. The molecule has 0 fully saturated rings. The van der Waals surface area contributed by atoms with Crippen molar-refractivity contribution in [3.63, 3.8) is 0 Å². The molecule has 6 nitrogen and oxygen atoms in total. The van der Waals surface area contributed by atoms with Gasteiger partial charge in [0.15, 0.2) is 5.78 Å². The van der Waals surface area contributed by atoms with E-state index in [1.165, 1.54) is 12.2 Å². The lowest BCUT2D eigenvalue weighted by atomic mass is 10.0. The van der Waals surface area contributed by atoms with Crippen molar-refractivity contribution in [2.75, 3.05) is 0 Å². The smallest absolute Gasteiger partial charge is 0.272 e. The third-order valence-corrected chi connectivity index (χ3v) is 4.46. The van der Waals surface area contributed by atoms with Gasteiger partial charge in [0.1, 0.15) is 10.7 Å². The number of carbonyl (C=O) groups is 1. The van der Waals surface area contributed by atoms with Crippen LogP contribution in [-0.2, 0) is 0 Å². The van der Waals surface area contributed by atoms with Crippen LogP contribution in [0.5, 0.6) is 0 Å². The summed E-state index contributed by atoms with van der Waals surface area (Å²) in [4.78, 5) is 46.8. The first-order valence-corrected chi connectivity index (χ1v) is 9.27. The zero-order chi connectivity index (χ0) is 20.9. The van der Waals surface area contributed by atoms with E-state index in [1.54, 1.807) is 72.9 Å². The van der Waals surface area contributed by atoms with Crippen molar-refractivity contribution in [2.45, 2.75) is 0 Å². The lowest BCUT2D eigenvalue weighted by Crippen LogP contribution is -2.46. The average molecular weight is 395 g/mol. The van der Waals surface area contributed by atoms with Crippen molar-refractivity contribution in [3.8, 4) is 0 Å². The Labute approximate surface area is 170 Å². The van der Waals surface area contributed by atoms with E-state index in [0.29, 0.717) is 22.4 Å². The molecule has 6 heteroatoms. The van der Waals surface area contributed by atoms with Crippen molar-refractivity contribution in [2.24, 2.45) is 0 Å². The minimum absolute atomic E-state index is 0.0995. The largest absolute Gasteiger partial charge is 0.316 e. The van der Waals surface area contributed by atoms with Crippen LogP contribution >= 0.6 is 0 Å². The van der Waals surface area contributed by atoms with Gasteiger partial charge in [0.2, 0.25) is 0 Å². The highest BCUT2D eigenvalue weighted by atomic mass is 16.1. The van der Waals surface area contributed by atoms with E-state index in [4.69, 9.17) is 0 Å². The van der Waals surface area contributed by atoms with Crippen molar-refractivity contribution in [1.29, 1.82) is 0 Å². The van der Waals surface area contributed by atoms with Crippen molar-refractivity contribution in [1.82, 2.24) is 15.0 Å². The number of carbonyl (C=O) groups excluding carboxylic acids is 1. The monoisotopic (exact) mass is 395 g/mol. The van der Waals surface area contributed by atoms with Crippen LogP contribution in [0, 0.1) is 0 Å². The van der Waals surface area contributed by atoms with E-state index >= 15 is 0 Å². The molecule has 30 heavy (non-hydrogen) atoms. The minimum Gasteiger partial charge on any atom is -0.316 e. The molecule has 2 N–H and O–H groups in total. The maximum absolute atomic E-state index is 12.6. The summed E-state index contributed by atoms with van der Waals surface area (Å²) in [5.74, 6) is -0.117. The molecule has 0 spiro atoms. The van der Waals surface area contributed by atoms with E-state index in [0.717, 1.165) is 0 Å². The highest BCUT2D eigenvalue weighted by Crippen LogP contribution is 2.12. The van der Waals surface area contributed by atoms with E-state index in [-0.39, 0.29) is 16.5 Å². The van der Waals surface area contributed by atoms with E-state index < -0.39 is 11.1 Å². The van der Waals surface area contributed by atoms with Crippen molar-refractivity contribution in [3.05, 3.63) is 133 Å². The molecule has 0 saturated carbocycles. The number of benzene rings is 2. The Morgan fingerprint density at radius 3 is 2.10 bits per heavy atom. The Hall–Kier alpha value is -4.32. The Morgan fingerprint density at radius 1 is 0.733 bits per heavy atom. The van der Waals surface area contributed by atoms with Gasteiger partial charge in [-0.25, -0.2) is 0 Å². The minimum atomic E-state index is -0.448. The summed E-state index contributed by atoms with van der Waals surface area (Å²) in [6, 6.07) is 21.1. The molecule has 2 aromatic carbocycles. The number of hydrogen-bond donors (Lipinski definition) is 2. The summed E-state index contributed by atoms with van der Waals surface area (Å²) in [5.41, 5.74) is 1.37. The third kappa shape index (κ3) is 4.23. The van der Waals surface area contributed by atoms with Gasteiger partial charge in [0.25, 0.3) is 11.1 Å². The Balaban J connectivity index is 1.73. The summed E-state index contributed by atoms with van der Waals surface area (Å²) in [5, 5.41) is 0.214. The van der Waals surface area contributed by atoms with E-state index in [9.17, 15) is 14.4 Å². The number of aromatic amines is 2. The normalized spacial score (nSPS) is 12.1. The molecule has 0 aliphatic carbocycles. The van der Waals surface area contributed by atoms with Crippen LogP contribution in [0.2, 0.25) is 0 Å². The molecule has 0 aliphatic heterocycles. The zero-order valence-electron chi connectivity index (χ0n) is 15.8. The molecule has 146 valence electrons. The van der Waals surface area contributed by atoms with Crippen molar-refractivity contribution >= 4 is 17.9 Å². The van der Waals surface area contributed by atoms with E-state index in [1.807, 2.05) is 6.07 Å². The summed E-state index contributed by atoms with van der Waals surface area (Å²) in [6.45, 7) is 0. The number of nitrogens with zero attached hydrogens (tertiary/aromatic N) is 1. The molecule has 0 aliphatic rings. The second-order valence-electron chi connectivity index (χ2n) is 6.60. The molecule has 4 aromatic rings. The van der Waals surface area contributed by atoms with Crippen LogP contribution in [0.25, 0.3) is 12.2 Å². The second-order valence-corrected chi connectivity index (χ2v) is 6.60. The quantitative estimate of drug-likeness (QED) is 0.510. The predicted molar refractivity (Wildman–Crippen MR) is 115 cm³/mol. The maximum atomic E-state index is 12.6. The van der Waals surface area contributed by atoms with Crippen LogP contribution in [0.4, 0.5) is 0 Å². The van der Waals surface area contributed by atoms with Crippen LogP contribution < -0.4 is 21.8 Å². The van der Waals surface area contributed by atoms with Gasteiger partial charge in [-0.3, -0.25) is 19.4 Å². The molecule has 2 heterocycles. The average Bonchev–Trinajstić information content (AvgIpc) is 2.78. The summed E-state index contributed by atoms with van der Waals surface area (Å²) in [6.07, 6.45) is 4.64. The Morgan fingerprint density at radius 2 is 1.40 bits per heavy atom. The Bertz CT molecular complexity index is 1440. The number of ketones is 1. The fourth-order valence-electron chi connectivity index (χ4n) is 3.00. The van der Waals surface area contributed by atoms with Gasteiger partial charge < -0.3 is 9.97 Å². The van der Waals surface area contributed by atoms with Gasteiger partial charge in [0.05, 0.1) is 5.69 Å². The van der Waals surface area contributed by atoms with Crippen LogP contribution in [-0.4, -0.2) is 20.7 Å². The summed E-state index contributed by atoms with van der Waals surface area (Å²) in [7, 11) is 0. The number of hydrogen-bond acceptors (Lipinski definition) is 4. The number of nitrogens with one attached hydrogen (secondary N) is 2. The molecule has 0 radical (unpaired) electrons. The van der Waals surface area contributed by atoms with Gasteiger partial charge in [-0.05, 0) is 35.9 Å². The fraction of sp³-hybridized carbons (Fsp3) is 0. The topological polar surface area (TPSA) is 95.7 Å². The maximum Gasteiger partial charge on any atom is 0.272 e. The second kappa shape index (κ2) is 8.36. The first-order chi connectivity index (χ1) is 14.6. The predicted octanol–water partition coefficient (Wildman–Crippen LogP) is 1.35. The number of rotatable bonds is 4. The first kappa shape index (κ1) is 19.0. The standard InChI is InChI=1S/C24H17N3O3/c28-22(17-8-2-1-3-9-17)18-10-6-7-16(13-18)14-20-23(29)27-21(24(30)26-20)15-19-11-4-5-12-25-19/h1-15H,(H,26,30)(H,27,29)/b20-14?,21-15-. The number of aromatic nitrogens is 3. The molecule has 0 atom stereocenters. The zero-order valence-corrected chi connectivity index (χ0v) is 15.8. The molecular weight excluding hydrogens is 378 g/mol. The van der Waals surface area contributed by atoms with Gasteiger partial charge in [0, 0.05) is 17.3 Å². The SMILES string of the molecule is O=C(c1ccccc1)c1cccc(C=c2[nH]c(=O)/c(=C/c3ccccn3)[nH]c2=O)c1. The van der Waals surface area contributed by atoms with Gasteiger partial charge in [-0.15, -0.1) is 0 Å². The van der Waals surface area contributed by atoms with Gasteiger partial charge in [-0.2, -0.15) is 0 Å². The molecule has 4 rings (SSSR count). The molecule has 0 amide bonds. The lowest BCUT2D eigenvalue weighted by Gasteiger charge is -2.02. The van der Waals surface area contributed by atoms with Crippen LogP contribution in [0.1, 0.15) is 27.2 Å². The summed E-state index contributed by atoms with van der Waals surface area (Å²) >= 11 is 0. The highest BCUT2D eigenvalue weighted by molar-refractivity contribution is 6.09. The van der Waals surface area contributed by atoms with Crippen LogP contribution in [0.15, 0.2) is 88.6 Å². The molecule has 0 bridgehead atoms. The number of pyridine rings is 1. The van der Waals surface area contributed by atoms with E-state index in [2.05, 4.69) is 15.0 Å². The number of H-pyrrole nitrogens is 2. The molecular formula is C24H17N3O3. The van der Waals surface area contributed by atoms with Crippen LogP contribution in [0.3, 0.4) is 0 Å². The lowest BCUT2D eigenvalue weighted by molar-refractivity contribution is 0.103. The fourth-order valence-corrected chi connectivity index (χ4v) is 3.00. The molecule has 2 aromatic heterocycles. The Kier molecular flexibility index (Phi) is 5.30. The summed E-state index contributed by atoms with van der Waals surface area (Å²) < 4.78 is 0. The third-order valence-electron chi connectivity index (χ3n) is 4.46. The highest BCUT2D eigenvalue weighted by Gasteiger charge is 2.08. The van der Waals surface area contributed by atoms with Gasteiger partial charge >= 0.3 is 0 Å². The first-order valence-electron chi connectivity index (χ1n) is 9.27.